The number of carbonyl (C=O) groups excluding carboxylic acids is 1. The predicted molar refractivity (Wildman–Crippen MR) is 84.0 cm³/mol. The summed E-state index contributed by atoms with van der Waals surface area (Å²) in [5.41, 5.74) is 1.66. The van der Waals surface area contributed by atoms with Crippen LogP contribution in [0.2, 0.25) is 0 Å². The van der Waals surface area contributed by atoms with E-state index in [0.29, 0.717) is 23.2 Å². The summed E-state index contributed by atoms with van der Waals surface area (Å²) < 4.78 is 30.3. The molecule has 0 heterocycles. The summed E-state index contributed by atoms with van der Waals surface area (Å²) in [7, 11) is 1.50. The third-order valence-corrected chi connectivity index (χ3v) is 3.74. The van der Waals surface area contributed by atoms with Crippen LogP contribution in [0.4, 0.5) is 14.5 Å². The molecule has 0 aliphatic rings. The zero-order chi connectivity index (χ0) is 16.1. The monoisotopic (exact) mass is 323 g/mol. The zero-order valence-electron chi connectivity index (χ0n) is 12.1. The maximum atomic E-state index is 12.6. The van der Waals surface area contributed by atoms with E-state index in [9.17, 15) is 13.6 Å². The number of rotatable bonds is 5. The first-order valence-electron chi connectivity index (χ1n) is 6.51. The highest BCUT2D eigenvalue weighted by atomic mass is 32.2. The standard InChI is InChI=1S/C16H15F2NO2S/c1-10-7-8-13(21-2)12(9-10)19-15(20)11-5-3-4-6-14(11)22-16(17)18/h3-9,16H,1-2H3,(H,19,20). The first-order valence-corrected chi connectivity index (χ1v) is 7.39. The molecule has 0 aliphatic heterocycles. The van der Waals surface area contributed by atoms with E-state index >= 15 is 0 Å². The van der Waals surface area contributed by atoms with Crippen LogP contribution in [0.5, 0.6) is 5.75 Å². The predicted octanol–water partition coefficient (Wildman–Crippen LogP) is 4.57. The van der Waals surface area contributed by atoms with Crippen LogP contribution in [0, 0.1) is 6.92 Å². The van der Waals surface area contributed by atoms with Gasteiger partial charge < -0.3 is 10.1 Å². The number of halogens is 2. The Morgan fingerprint density at radius 3 is 2.64 bits per heavy atom. The molecule has 0 radical (unpaired) electrons. The summed E-state index contributed by atoms with van der Waals surface area (Å²) in [5.74, 6) is -2.52. The first-order chi connectivity index (χ1) is 10.5. The number of thioether (sulfide) groups is 1. The Kier molecular flexibility index (Phi) is 5.38. The van der Waals surface area contributed by atoms with E-state index in [-0.39, 0.29) is 10.5 Å². The maximum Gasteiger partial charge on any atom is 0.288 e. The number of alkyl halides is 2. The summed E-state index contributed by atoms with van der Waals surface area (Å²) in [6.45, 7) is 1.88. The number of aryl methyl sites for hydroxylation is 1. The fourth-order valence-electron chi connectivity index (χ4n) is 1.96. The van der Waals surface area contributed by atoms with Crippen LogP contribution in [0.1, 0.15) is 15.9 Å². The first kappa shape index (κ1) is 16.3. The summed E-state index contributed by atoms with van der Waals surface area (Å²) in [4.78, 5) is 12.6. The lowest BCUT2D eigenvalue weighted by molar-refractivity contribution is 0.102. The van der Waals surface area contributed by atoms with Crippen LogP contribution in [-0.4, -0.2) is 18.8 Å². The third-order valence-electron chi connectivity index (χ3n) is 2.95. The average Bonchev–Trinajstić information content (AvgIpc) is 2.47. The van der Waals surface area contributed by atoms with Gasteiger partial charge in [0.2, 0.25) is 0 Å². The number of amides is 1. The number of ether oxygens (including phenoxy) is 1. The van der Waals surface area contributed by atoms with Crippen molar-refractivity contribution in [1.29, 1.82) is 0 Å². The summed E-state index contributed by atoms with van der Waals surface area (Å²) >= 11 is 0.352. The molecule has 0 spiro atoms. The van der Waals surface area contributed by atoms with Gasteiger partial charge in [0.05, 0.1) is 18.4 Å². The van der Waals surface area contributed by atoms with Crippen molar-refractivity contribution < 1.29 is 18.3 Å². The van der Waals surface area contributed by atoms with Crippen LogP contribution in [0.25, 0.3) is 0 Å². The highest BCUT2D eigenvalue weighted by Gasteiger charge is 2.16. The Labute approximate surface area is 131 Å². The molecule has 1 amide bonds. The third kappa shape index (κ3) is 3.98. The van der Waals surface area contributed by atoms with Crippen molar-refractivity contribution in [1.82, 2.24) is 0 Å². The van der Waals surface area contributed by atoms with Gasteiger partial charge in [0.25, 0.3) is 11.7 Å². The van der Waals surface area contributed by atoms with Crippen LogP contribution in [-0.2, 0) is 0 Å². The molecule has 6 heteroatoms. The SMILES string of the molecule is COc1ccc(C)cc1NC(=O)c1ccccc1SC(F)F. The molecule has 0 aromatic heterocycles. The van der Waals surface area contributed by atoms with Crippen molar-refractivity contribution in [2.45, 2.75) is 17.6 Å². The smallest absolute Gasteiger partial charge is 0.288 e. The topological polar surface area (TPSA) is 38.3 Å². The minimum Gasteiger partial charge on any atom is -0.495 e. The lowest BCUT2D eigenvalue weighted by atomic mass is 10.1. The Balaban J connectivity index is 2.28. The van der Waals surface area contributed by atoms with Crippen LogP contribution < -0.4 is 10.1 Å². The quantitative estimate of drug-likeness (QED) is 0.819. The number of hydrogen-bond donors (Lipinski definition) is 1. The lowest BCUT2D eigenvalue weighted by Crippen LogP contribution is -2.14. The minimum absolute atomic E-state index is 0.205. The van der Waals surface area contributed by atoms with Crippen molar-refractivity contribution in [3.8, 4) is 5.75 Å². The van der Waals surface area contributed by atoms with E-state index in [1.165, 1.54) is 19.2 Å². The van der Waals surface area contributed by atoms with Gasteiger partial charge in [0.15, 0.2) is 0 Å². The molecule has 0 atom stereocenters. The summed E-state index contributed by atoms with van der Waals surface area (Å²) in [6.07, 6.45) is 0. The lowest BCUT2D eigenvalue weighted by Gasteiger charge is -2.13. The van der Waals surface area contributed by atoms with E-state index < -0.39 is 11.7 Å². The van der Waals surface area contributed by atoms with Crippen LogP contribution >= 0.6 is 11.8 Å². The number of methoxy groups -OCH3 is 1. The molecule has 1 N–H and O–H groups in total. The molecule has 0 aliphatic carbocycles. The van der Waals surface area contributed by atoms with Gasteiger partial charge in [0, 0.05) is 4.90 Å². The van der Waals surface area contributed by atoms with E-state index in [1.807, 2.05) is 13.0 Å². The normalized spacial score (nSPS) is 10.6. The van der Waals surface area contributed by atoms with Crippen molar-refractivity contribution in [2.24, 2.45) is 0 Å². The maximum absolute atomic E-state index is 12.6. The molecule has 0 unspecified atom stereocenters. The molecule has 3 nitrogen and oxygen atoms in total. The Morgan fingerprint density at radius 1 is 1.23 bits per heavy atom. The fourth-order valence-corrected chi connectivity index (χ4v) is 2.60. The molecule has 0 saturated carbocycles. The van der Waals surface area contributed by atoms with E-state index in [0.717, 1.165) is 5.56 Å². The Morgan fingerprint density at radius 2 is 1.95 bits per heavy atom. The van der Waals surface area contributed by atoms with E-state index in [4.69, 9.17) is 4.74 Å². The molecule has 0 saturated heterocycles. The molecule has 2 aromatic rings. The molecule has 0 fully saturated rings. The van der Waals surface area contributed by atoms with Crippen LogP contribution in [0.15, 0.2) is 47.4 Å². The number of nitrogens with one attached hydrogen (secondary N) is 1. The van der Waals surface area contributed by atoms with Gasteiger partial charge in [-0.05, 0) is 36.8 Å². The number of benzene rings is 2. The second-order valence-electron chi connectivity index (χ2n) is 4.53. The second kappa shape index (κ2) is 7.26. The minimum atomic E-state index is -2.58. The molecule has 0 bridgehead atoms. The van der Waals surface area contributed by atoms with Gasteiger partial charge in [-0.1, -0.05) is 30.0 Å². The highest BCUT2D eigenvalue weighted by molar-refractivity contribution is 7.99. The second-order valence-corrected chi connectivity index (χ2v) is 5.56. The molecule has 2 aromatic carbocycles. The van der Waals surface area contributed by atoms with Crippen molar-refractivity contribution in [2.75, 3.05) is 12.4 Å². The average molecular weight is 323 g/mol. The number of carbonyl (C=O) groups is 1. The van der Waals surface area contributed by atoms with Crippen molar-refractivity contribution in [3.63, 3.8) is 0 Å². The molecule has 22 heavy (non-hydrogen) atoms. The summed E-state index contributed by atoms with van der Waals surface area (Å²) in [5, 5.41) is 2.71. The van der Waals surface area contributed by atoms with Crippen LogP contribution in [0.3, 0.4) is 0 Å². The van der Waals surface area contributed by atoms with E-state index in [2.05, 4.69) is 5.32 Å². The van der Waals surface area contributed by atoms with Gasteiger partial charge in [-0.15, -0.1) is 0 Å². The highest BCUT2D eigenvalue weighted by Crippen LogP contribution is 2.30. The van der Waals surface area contributed by atoms with Gasteiger partial charge in [0.1, 0.15) is 5.75 Å². The largest absolute Gasteiger partial charge is 0.495 e. The zero-order valence-corrected chi connectivity index (χ0v) is 12.9. The van der Waals surface area contributed by atoms with E-state index in [1.54, 1.807) is 24.3 Å². The molecular formula is C16H15F2NO2S. The van der Waals surface area contributed by atoms with Gasteiger partial charge in [-0.3, -0.25) is 4.79 Å². The van der Waals surface area contributed by atoms with Crippen molar-refractivity contribution >= 4 is 23.4 Å². The Bertz CT molecular complexity index is 677. The van der Waals surface area contributed by atoms with Gasteiger partial charge in [-0.25, -0.2) is 0 Å². The fraction of sp³-hybridized carbons (Fsp3) is 0.188. The summed E-state index contributed by atoms with van der Waals surface area (Å²) in [6, 6.07) is 11.6. The number of hydrogen-bond acceptors (Lipinski definition) is 3. The molecule has 116 valence electrons. The van der Waals surface area contributed by atoms with Gasteiger partial charge in [-0.2, -0.15) is 8.78 Å². The van der Waals surface area contributed by atoms with Gasteiger partial charge >= 0.3 is 0 Å². The molecule has 2 rings (SSSR count). The number of anilines is 1. The molecular weight excluding hydrogens is 308 g/mol. The Hall–Kier alpha value is -2.08. The van der Waals surface area contributed by atoms with Crippen molar-refractivity contribution in [3.05, 3.63) is 53.6 Å².